The van der Waals surface area contributed by atoms with E-state index in [9.17, 15) is 14.4 Å². The summed E-state index contributed by atoms with van der Waals surface area (Å²) in [6.45, 7) is 13.9. The zero-order valence-corrected chi connectivity index (χ0v) is 24.0. The normalized spacial score (nSPS) is 44.1. The van der Waals surface area contributed by atoms with Gasteiger partial charge in [-0.1, -0.05) is 20.8 Å². The molecule has 0 aromatic rings. The van der Waals surface area contributed by atoms with Crippen LogP contribution in [0.1, 0.15) is 106 Å². The molecule has 1 heterocycles. The fraction of sp³-hybridized carbons (Fsp3) is 0.903. The van der Waals surface area contributed by atoms with Crippen molar-refractivity contribution in [3.8, 4) is 0 Å². The lowest BCUT2D eigenvalue weighted by Gasteiger charge is -2.59. The number of hydrogen-bond acceptors (Lipinski definition) is 6. The van der Waals surface area contributed by atoms with Crippen LogP contribution in [0.2, 0.25) is 0 Å². The van der Waals surface area contributed by atoms with Crippen LogP contribution in [0.25, 0.3) is 0 Å². The van der Waals surface area contributed by atoms with Gasteiger partial charge in [-0.3, -0.25) is 14.4 Å². The molecule has 6 nitrogen and oxygen atoms in total. The molecular weight excluding hydrogens is 468 g/mol. The summed E-state index contributed by atoms with van der Waals surface area (Å²) in [6, 6.07) is 0. The Labute approximate surface area is 222 Å². The molecule has 0 spiro atoms. The Morgan fingerprint density at radius 2 is 1.54 bits per heavy atom. The number of carbonyl (C=O) groups is 3. The Bertz CT molecular complexity index is 910. The summed E-state index contributed by atoms with van der Waals surface area (Å²) in [5, 5.41) is 0. The van der Waals surface area contributed by atoms with E-state index in [0.29, 0.717) is 24.7 Å². The van der Waals surface area contributed by atoms with Gasteiger partial charge in [0.15, 0.2) is 0 Å². The van der Waals surface area contributed by atoms with Gasteiger partial charge in [-0.2, -0.15) is 0 Å². The van der Waals surface area contributed by atoms with E-state index >= 15 is 0 Å². The van der Waals surface area contributed by atoms with Gasteiger partial charge in [0.2, 0.25) is 0 Å². The average molecular weight is 517 g/mol. The SMILES string of the molecule is CC.CCC(C)(CC(C)(C)C(=O)OC1(C)C2CC3CC(C2)CC1C3)C(=O)OC1C2CC3C(=O)OC1C3C2. The van der Waals surface area contributed by atoms with Gasteiger partial charge in [0.05, 0.1) is 16.7 Å². The zero-order valence-electron chi connectivity index (χ0n) is 24.0. The van der Waals surface area contributed by atoms with E-state index in [1.165, 1.54) is 32.1 Å². The minimum absolute atomic E-state index is 0.00208. The van der Waals surface area contributed by atoms with Crippen LogP contribution in [-0.2, 0) is 28.6 Å². The molecule has 0 aromatic carbocycles. The summed E-state index contributed by atoms with van der Waals surface area (Å²) in [5.41, 5.74) is -1.99. The summed E-state index contributed by atoms with van der Waals surface area (Å²) in [5.74, 6) is 2.39. The molecular formula is C31H48O6. The molecule has 6 aliphatic carbocycles. The average Bonchev–Trinajstić information content (AvgIpc) is 3.48. The summed E-state index contributed by atoms with van der Waals surface area (Å²) in [7, 11) is 0. The van der Waals surface area contributed by atoms with Gasteiger partial charge in [-0.05, 0) is 109 Å². The highest BCUT2D eigenvalue weighted by atomic mass is 16.6. The minimum Gasteiger partial charge on any atom is -0.458 e. The maximum absolute atomic E-state index is 13.6. The third kappa shape index (κ3) is 4.23. The van der Waals surface area contributed by atoms with Crippen molar-refractivity contribution in [1.82, 2.24) is 0 Å². The molecule has 6 heteroatoms. The van der Waals surface area contributed by atoms with Crippen LogP contribution >= 0.6 is 0 Å². The zero-order chi connectivity index (χ0) is 26.9. The molecule has 0 N–H and O–H groups in total. The van der Waals surface area contributed by atoms with Gasteiger partial charge in [-0.15, -0.1) is 0 Å². The van der Waals surface area contributed by atoms with Crippen molar-refractivity contribution in [2.75, 3.05) is 0 Å². The van der Waals surface area contributed by atoms with Crippen LogP contribution in [0.4, 0.5) is 0 Å². The monoisotopic (exact) mass is 516 g/mol. The molecule has 0 radical (unpaired) electrons. The lowest BCUT2D eigenvalue weighted by atomic mass is 9.50. The fourth-order valence-electron chi connectivity index (χ4n) is 9.34. The van der Waals surface area contributed by atoms with Crippen LogP contribution in [0, 0.1) is 52.3 Å². The second-order valence-corrected chi connectivity index (χ2v) is 14.1. The largest absolute Gasteiger partial charge is 0.458 e. The van der Waals surface area contributed by atoms with Crippen molar-refractivity contribution in [2.45, 2.75) is 124 Å². The topological polar surface area (TPSA) is 78.9 Å². The van der Waals surface area contributed by atoms with Crippen LogP contribution in [0.5, 0.6) is 0 Å². The van der Waals surface area contributed by atoms with E-state index in [4.69, 9.17) is 14.2 Å². The number of hydrogen-bond donors (Lipinski definition) is 0. The van der Waals surface area contributed by atoms with Crippen molar-refractivity contribution in [3.63, 3.8) is 0 Å². The smallest absolute Gasteiger partial charge is 0.312 e. The van der Waals surface area contributed by atoms with Crippen LogP contribution in [0.15, 0.2) is 0 Å². The van der Waals surface area contributed by atoms with E-state index < -0.39 is 10.8 Å². The standard InChI is InChI=1S/C29H42O6.C2H6/c1-6-28(4,26(32)34-22-17-12-20-21(13-17)24(30)33-23(20)22)14-27(2,3)25(31)35-29(5)18-8-15-7-16(10-18)11-19(29)9-15;1-2/h15-23H,6-14H2,1-5H3;1-2H3. The summed E-state index contributed by atoms with van der Waals surface area (Å²) >= 11 is 0. The molecule has 1 aliphatic heterocycles. The number of rotatable bonds is 7. The van der Waals surface area contributed by atoms with Gasteiger partial charge in [0.1, 0.15) is 17.8 Å². The first-order chi connectivity index (χ1) is 17.4. The molecule has 6 saturated carbocycles. The van der Waals surface area contributed by atoms with E-state index in [1.807, 2.05) is 41.5 Å². The maximum atomic E-state index is 13.6. The highest BCUT2D eigenvalue weighted by Gasteiger charge is 2.64. The Kier molecular flexibility index (Phi) is 6.75. The Balaban J connectivity index is 0.00000137. The van der Waals surface area contributed by atoms with Crippen molar-refractivity contribution in [1.29, 1.82) is 0 Å². The molecule has 7 rings (SSSR count). The molecule has 0 amide bonds. The molecule has 6 atom stereocenters. The molecule has 0 aromatic heterocycles. The minimum atomic E-state index is -0.808. The van der Waals surface area contributed by atoms with Gasteiger partial charge >= 0.3 is 17.9 Å². The summed E-state index contributed by atoms with van der Waals surface area (Å²) in [6.07, 6.45) is 8.10. The number of esters is 3. The number of carbonyl (C=O) groups excluding carboxylic acids is 3. The van der Waals surface area contributed by atoms with E-state index in [1.54, 1.807) is 0 Å². The third-order valence-electron chi connectivity index (χ3n) is 11.4. The highest BCUT2D eigenvalue weighted by Crippen LogP contribution is 2.60. The van der Waals surface area contributed by atoms with Gasteiger partial charge in [0.25, 0.3) is 0 Å². The lowest BCUT2D eigenvalue weighted by Crippen LogP contribution is -2.59. The first kappa shape index (κ1) is 27.0. The summed E-state index contributed by atoms with van der Waals surface area (Å²) in [4.78, 5) is 39.3. The van der Waals surface area contributed by atoms with Gasteiger partial charge < -0.3 is 14.2 Å². The predicted octanol–water partition coefficient (Wildman–Crippen LogP) is 6.10. The van der Waals surface area contributed by atoms with Crippen molar-refractivity contribution in [3.05, 3.63) is 0 Å². The molecule has 6 unspecified atom stereocenters. The quantitative estimate of drug-likeness (QED) is 0.301. The molecule has 6 bridgehead atoms. The van der Waals surface area contributed by atoms with Crippen LogP contribution < -0.4 is 0 Å². The van der Waals surface area contributed by atoms with Gasteiger partial charge in [-0.25, -0.2) is 0 Å². The first-order valence-electron chi connectivity index (χ1n) is 15.1. The molecule has 7 fully saturated rings. The molecule has 208 valence electrons. The Morgan fingerprint density at radius 1 is 0.946 bits per heavy atom. The van der Waals surface area contributed by atoms with Crippen molar-refractivity contribution >= 4 is 17.9 Å². The Morgan fingerprint density at radius 3 is 2.11 bits per heavy atom. The molecule has 37 heavy (non-hydrogen) atoms. The van der Waals surface area contributed by atoms with E-state index in [0.717, 1.165) is 24.7 Å². The second-order valence-electron chi connectivity index (χ2n) is 14.1. The fourth-order valence-corrected chi connectivity index (χ4v) is 9.34. The van der Waals surface area contributed by atoms with Crippen LogP contribution in [-0.4, -0.2) is 35.7 Å². The first-order valence-corrected chi connectivity index (χ1v) is 15.1. The maximum Gasteiger partial charge on any atom is 0.312 e. The second kappa shape index (κ2) is 9.26. The summed E-state index contributed by atoms with van der Waals surface area (Å²) < 4.78 is 18.1. The third-order valence-corrected chi connectivity index (χ3v) is 11.4. The number of fused-ring (bicyclic) bond motifs is 1. The Hall–Kier alpha value is -1.59. The van der Waals surface area contributed by atoms with E-state index in [-0.39, 0.29) is 53.5 Å². The predicted molar refractivity (Wildman–Crippen MR) is 139 cm³/mol. The van der Waals surface area contributed by atoms with Crippen molar-refractivity contribution < 1.29 is 28.6 Å². The highest BCUT2D eigenvalue weighted by molar-refractivity contribution is 5.81. The lowest BCUT2D eigenvalue weighted by molar-refractivity contribution is -0.213. The molecule has 1 saturated heterocycles. The number of ether oxygens (including phenoxy) is 3. The van der Waals surface area contributed by atoms with Gasteiger partial charge in [0, 0.05) is 11.8 Å². The molecule has 7 aliphatic rings. The van der Waals surface area contributed by atoms with Crippen LogP contribution in [0.3, 0.4) is 0 Å². The van der Waals surface area contributed by atoms with Crippen molar-refractivity contribution in [2.24, 2.45) is 52.3 Å². The van der Waals surface area contributed by atoms with E-state index in [2.05, 4.69) is 6.92 Å².